The van der Waals surface area contributed by atoms with Crippen LogP contribution in [0.3, 0.4) is 0 Å². The number of carbonyl (C=O) groups excluding carboxylic acids is 2. The average Bonchev–Trinajstić information content (AvgIpc) is 2.74. The van der Waals surface area contributed by atoms with Gasteiger partial charge in [0.2, 0.25) is 0 Å². The molecule has 0 radical (unpaired) electrons. The molecule has 0 bridgehead atoms. The van der Waals surface area contributed by atoms with E-state index in [1.165, 1.54) is 11.1 Å². The maximum atomic E-state index is 12.1. The van der Waals surface area contributed by atoms with Gasteiger partial charge in [-0.3, -0.25) is 0 Å². The van der Waals surface area contributed by atoms with Gasteiger partial charge in [-0.25, -0.2) is 0 Å². The van der Waals surface area contributed by atoms with Crippen LogP contribution in [0.1, 0.15) is 51.2 Å². The summed E-state index contributed by atoms with van der Waals surface area (Å²) in [7, 11) is 0. The van der Waals surface area contributed by atoms with Gasteiger partial charge in [0.25, 0.3) is 0 Å². The van der Waals surface area contributed by atoms with Crippen molar-refractivity contribution in [3.05, 3.63) is 71.8 Å². The van der Waals surface area contributed by atoms with E-state index in [1.807, 2.05) is 0 Å². The summed E-state index contributed by atoms with van der Waals surface area (Å²) in [6.45, 7) is 6.76. The van der Waals surface area contributed by atoms with Crippen LogP contribution in [0.4, 0.5) is 0 Å². The summed E-state index contributed by atoms with van der Waals surface area (Å²) < 4.78 is 1.83. The second-order valence-electron chi connectivity index (χ2n) is 9.61. The van der Waals surface area contributed by atoms with E-state index in [0.717, 1.165) is 41.5 Å². The molecule has 0 spiro atoms. The Bertz CT molecular complexity index is 802. The topological polar surface area (TPSA) is 58.2 Å². The predicted molar refractivity (Wildman–Crippen MR) is 122 cm³/mol. The molecule has 31 heavy (non-hydrogen) atoms. The van der Waals surface area contributed by atoms with Crippen LogP contribution < -0.4 is 10.6 Å². The first-order valence-electron chi connectivity index (χ1n) is 11.3. The molecule has 1 aliphatic rings. The molecule has 2 N–H and O–H groups in total. The molecule has 3 unspecified atom stereocenters. The summed E-state index contributed by atoms with van der Waals surface area (Å²) in [5.74, 6) is 0.235. The van der Waals surface area contributed by atoms with Gasteiger partial charge < -0.3 is 0 Å². The van der Waals surface area contributed by atoms with Crippen molar-refractivity contribution < 1.29 is 27.5 Å². The number of hydrogen-bond donors (Lipinski definition) is 2. The summed E-state index contributed by atoms with van der Waals surface area (Å²) in [5.41, 5.74) is 2.73. The number of nitrogens with one attached hydrogen (secondary N) is 2. The summed E-state index contributed by atoms with van der Waals surface area (Å²) in [5, 5.41) is 6.55. The van der Waals surface area contributed by atoms with Crippen LogP contribution in [-0.2, 0) is 36.9 Å². The van der Waals surface area contributed by atoms with E-state index >= 15 is 0 Å². The second kappa shape index (κ2) is 10.6. The van der Waals surface area contributed by atoms with Crippen molar-refractivity contribution in [3.63, 3.8) is 0 Å². The number of hydrogen-bond acceptors (Lipinski definition) is 2. The first-order valence-corrected chi connectivity index (χ1v) is 14.3. The van der Waals surface area contributed by atoms with Gasteiger partial charge in [0.15, 0.2) is 0 Å². The molecule has 0 heterocycles. The standard InChI is InChI=1S/C12H21N2O2.2C7H7.Ti/c1-4-9-10(13-7-15)5-12(2,3)6-11(9)14-8-16;2*1-7-5-3-2-4-6-7;/h7-10H,4-6H2,1-3H3,(H,13,15)(H,14,16);2*2-6H,1H2;. The van der Waals surface area contributed by atoms with Crippen LogP contribution in [0.25, 0.3) is 0 Å². The molecule has 2 aromatic rings. The molecule has 0 aliphatic heterocycles. The molecular weight excluding hydrogens is 420 g/mol. The Morgan fingerprint density at radius 1 is 0.935 bits per heavy atom. The second-order valence-corrected chi connectivity index (χ2v) is 14.0. The monoisotopic (exact) mass is 455 g/mol. The van der Waals surface area contributed by atoms with E-state index in [0.29, 0.717) is 0 Å². The fourth-order valence-corrected chi connectivity index (χ4v) is 12.2. The van der Waals surface area contributed by atoms with Crippen LogP contribution in [0.15, 0.2) is 60.7 Å². The summed E-state index contributed by atoms with van der Waals surface area (Å²) >= 11 is -2.01. The summed E-state index contributed by atoms with van der Waals surface area (Å²) in [6.07, 6.45) is 4.60. The number of carbonyl (C=O) groups is 2. The first kappa shape index (κ1) is 23.8. The molecule has 1 aliphatic carbocycles. The molecule has 3 rings (SSSR count). The Morgan fingerprint density at radius 2 is 1.48 bits per heavy atom. The minimum atomic E-state index is -2.01. The van der Waals surface area contributed by atoms with E-state index in [1.54, 1.807) is 0 Å². The van der Waals surface area contributed by atoms with Crippen molar-refractivity contribution in [1.29, 1.82) is 0 Å². The zero-order valence-electron chi connectivity index (χ0n) is 18.9. The molecule has 2 aromatic carbocycles. The average molecular weight is 455 g/mol. The van der Waals surface area contributed by atoms with Crippen molar-refractivity contribution in [3.8, 4) is 0 Å². The van der Waals surface area contributed by atoms with Gasteiger partial charge in [-0.2, -0.15) is 0 Å². The van der Waals surface area contributed by atoms with E-state index in [4.69, 9.17) is 0 Å². The molecular formula is C26H35N2O2Ti. The third kappa shape index (κ3) is 5.67. The van der Waals surface area contributed by atoms with Crippen molar-refractivity contribution in [1.82, 2.24) is 10.6 Å². The number of amides is 2. The van der Waals surface area contributed by atoms with Gasteiger partial charge in [0, 0.05) is 0 Å². The fourth-order valence-electron chi connectivity index (χ4n) is 5.75. The molecule has 1 saturated carbocycles. The van der Waals surface area contributed by atoms with Crippen molar-refractivity contribution in [2.24, 2.45) is 11.3 Å². The van der Waals surface area contributed by atoms with Crippen LogP contribution >= 0.6 is 0 Å². The van der Waals surface area contributed by atoms with Gasteiger partial charge in [0.1, 0.15) is 0 Å². The maximum absolute atomic E-state index is 12.1. The van der Waals surface area contributed by atoms with Crippen molar-refractivity contribution >= 4 is 12.8 Å². The van der Waals surface area contributed by atoms with Crippen LogP contribution in [0.2, 0.25) is 0 Å². The van der Waals surface area contributed by atoms with Crippen molar-refractivity contribution in [2.75, 3.05) is 0 Å². The molecule has 5 heteroatoms. The molecule has 165 valence electrons. The molecule has 0 aromatic heterocycles. The number of benzene rings is 2. The van der Waals surface area contributed by atoms with Gasteiger partial charge in [-0.05, 0) is 0 Å². The van der Waals surface area contributed by atoms with Crippen molar-refractivity contribution in [2.45, 2.75) is 59.4 Å². The summed E-state index contributed by atoms with van der Waals surface area (Å²) in [4.78, 5) is 23.5. The molecule has 4 nitrogen and oxygen atoms in total. The Hall–Kier alpha value is -1.91. The normalized spacial score (nSPS) is 24.7. The Morgan fingerprint density at radius 3 is 1.94 bits per heavy atom. The Balaban J connectivity index is 2.10. The van der Waals surface area contributed by atoms with E-state index in [9.17, 15) is 9.59 Å². The van der Waals surface area contributed by atoms with Crippen LogP contribution in [-0.4, -0.2) is 22.7 Å². The predicted octanol–water partition coefficient (Wildman–Crippen LogP) is 4.41. The molecule has 1 fully saturated rings. The van der Waals surface area contributed by atoms with Gasteiger partial charge in [-0.15, -0.1) is 0 Å². The van der Waals surface area contributed by atoms with E-state index in [-0.39, 0.29) is 21.2 Å². The molecule has 3 atom stereocenters. The van der Waals surface area contributed by atoms with E-state index in [2.05, 4.69) is 92.1 Å². The van der Waals surface area contributed by atoms with Gasteiger partial charge in [-0.1, -0.05) is 0 Å². The summed E-state index contributed by atoms with van der Waals surface area (Å²) in [6, 6.07) is 21.5. The zero-order valence-corrected chi connectivity index (χ0v) is 20.5. The van der Waals surface area contributed by atoms with E-state index < -0.39 is 17.9 Å². The third-order valence-corrected chi connectivity index (χ3v) is 12.5. The molecule has 2 amide bonds. The Labute approximate surface area is 193 Å². The van der Waals surface area contributed by atoms with Gasteiger partial charge >= 0.3 is 193 Å². The number of rotatable bonds is 10. The first-order chi connectivity index (χ1) is 14.9. The van der Waals surface area contributed by atoms with Gasteiger partial charge in [0.05, 0.1) is 0 Å². The fraction of sp³-hybridized carbons (Fsp3) is 0.462. The SMILES string of the molecule is CCC1C(NC=O)CC(C)(C)C[C]1(NC=O)[Ti]([CH2]c1ccccc1)[CH2]c1ccccc1. The minimum absolute atomic E-state index is 0.0357. The van der Waals surface area contributed by atoms with Crippen LogP contribution in [0.5, 0.6) is 0 Å². The Kier molecular flexibility index (Phi) is 8.13. The zero-order chi connectivity index (χ0) is 22.3. The quantitative estimate of drug-likeness (QED) is 0.412. The van der Waals surface area contributed by atoms with Crippen LogP contribution in [0, 0.1) is 11.3 Å². The third-order valence-electron chi connectivity index (χ3n) is 6.84. The molecule has 0 saturated heterocycles.